The Balaban J connectivity index is 1.37. The number of carbonyl (C=O) groups excluding carboxylic acids is 1. The molecule has 1 fully saturated rings. The van der Waals surface area contributed by atoms with E-state index in [9.17, 15) is 19.6 Å². The molecule has 0 spiro atoms. The Morgan fingerprint density at radius 1 is 1.07 bits per heavy atom. The summed E-state index contributed by atoms with van der Waals surface area (Å²) in [5.41, 5.74) is 7.24. The van der Waals surface area contributed by atoms with Gasteiger partial charge in [0.15, 0.2) is 17.7 Å². The second kappa shape index (κ2) is 13.2. The van der Waals surface area contributed by atoms with Crippen molar-refractivity contribution in [1.82, 2.24) is 24.6 Å². The number of nitrogens with two attached hydrogens (primary N) is 1. The summed E-state index contributed by atoms with van der Waals surface area (Å²) in [6.07, 6.45) is -2.83. The lowest BCUT2D eigenvalue weighted by Gasteiger charge is -2.26. The van der Waals surface area contributed by atoms with E-state index in [1.165, 1.54) is 17.2 Å². The summed E-state index contributed by atoms with van der Waals surface area (Å²) in [5, 5.41) is 24.4. The highest BCUT2D eigenvalue weighted by Crippen LogP contribution is 2.46. The van der Waals surface area contributed by atoms with Crippen molar-refractivity contribution in [3.05, 3.63) is 78.9 Å². The minimum atomic E-state index is -4.34. The number of aromatic nitrogens is 4. The van der Waals surface area contributed by atoms with Gasteiger partial charge in [-0.1, -0.05) is 48.5 Å². The van der Waals surface area contributed by atoms with Crippen molar-refractivity contribution in [2.75, 3.05) is 12.3 Å². The summed E-state index contributed by atoms with van der Waals surface area (Å²) >= 11 is 0. The molecule has 1 saturated heterocycles. The first-order valence-electron chi connectivity index (χ1n) is 13.6. The van der Waals surface area contributed by atoms with Crippen LogP contribution in [0.5, 0.6) is 5.75 Å². The van der Waals surface area contributed by atoms with E-state index in [4.69, 9.17) is 24.3 Å². The van der Waals surface area contributed by atoms with Crippen molar-refractivity contribution in [3.63, 3.8) is 0 Å². The molecule has 2 aromatic carbocycles. The Morgan fingerprint density at radius 3 is 2.47 bits per heavy atom. The topological polar surface area (TPSA) is 193 Å². The first-order chi connectivity index (χ1) is 20.6. The van der Waals surface area contributed by atoms with Gasteiger partial charge in [0.25, 0.3) is 0 Å². The third-order valence-corrected chi connectivity index (χ3v) is 8.18. The highest BCUT2D eigenvalue weighted by atomic mass is 31.2. The zero-order chi connectivity index (χ0) is 30.6. The van der Waals surface area contributed by atoms with Crippen LogP contribution in [-0.4, -0.2) is 72.8 Å². The van der Waals surface area contributed by atoms with E-state index < -0.39 is 57.0 Å². The highest BCUT2D eigenvalue weighted by Gasteiger charge is 2.46. The van der Waals surface area contributed by atoms with E-state index in [0.29, 0.717) is 5.52 Å². The Labute approximate surface area is 247 Å². The molecule has 0 amide bonds. The summed E-state index contributed by atoms with van der Waals surface area (Å²) in [6, 6.07) is 16.3. The molecule has 43 heavy (non-hydrogen) atoms. The Bertz CT molecular complexity index is 1570. The fourth-order valence-corrected chi connectivity index (χ4v) is 6.07. The van der Waals surface area contributed by atoms with E-state index >= 15 is 0 Å². The maximum atomic E-state index is 14.2. The largest absolute Gasteiger partial charge is 0.462 e. The second-order valence-corrected chi connectivity index (χ2v) is 11.9. The maximum Gasteiger partial charge on any atom is 0.459 e. The van der Waals surface area contributed by atoms with Crippen LogP contribution in [0.1, 0.15) is 25.6 Å². The van der Waals surface area contributed by atoms with Gasteiger partial charge in [0.1, 0.15) is 41.9 Å². The molecule has 0 bridgehead atoms. The molecule has 2 aromatic heterocycles. The van der Waals surface area contributed by atoms with Crippen molar-refractivity contribution in [1.29, 1.82) is 0 Å². The Hall–Kier alpha value is -3.91. The van der Waals surface area contributed by atoms with Crippen LogP contribution in [0.4, 0.5) is 5.82 Å². The van der Waals surface area contributed by atoms with Gasteiger partial charge in [-0.25, -0.2) is 19.5 Å². The monoisotopic (exact) mass is 612 g/mol. The third-order valence-electron chi connectivity index (χ3n) is 6.61. The number of anilines is 1. The van der Waals surface area contributed by atoms with Gasteiger partial charge in [-0.05, 0) is 38.0 Å². The molecule has 15 heteroatoms. The van der Waals surface area contributed by atoms with Gasteiger partial charge in [0, 0.05) is 0 Å². The molecule has 4 aromatic rings. The van der Waals surface area contributed by atoms with Crippen LogP contribution >= 0.6 is 7.75 Å². The van der Waals surface area contributed by atoms with Crippen molar-refractivity contribution >= 4 is 30.7 Å². The number of nitrogens with zero attached hydrogens (tertiary/aromatic N) is 4. The van der Waals surface area contributed by atoms with E-state index in [2.05, 4.69) is 20.0 Å². The van der Waals surface area contributed by atoms with E-state index in [1.54, 1.807) is 44.2 Å². The van der Waals surface area contributed by atoms with Crippen molar-refractivity contribution in [2.45, 2.75) is 57.0 Å². The van der Waals surface area contributed by atoms with E-state index in [1.807, 2.05) is 30.3 Å². The number of fused-ring (bicyclic) bond motifs is 1. The zero-order valence-electron chi connectivity index (χ0n) is 23.5. The van der Waals surface area contributed by atoms with Crippen LogP contribution in [0, 0.1) is 0 Å². The minimum absolute atomic E-state index is 0.125. The molecular formula is C28H33N6O8P. The zero-order valence-corrected chi connectivity index (χ0v) is 24.4. The number of hydrogen-bond acceptors (Lipinski definition) is 12. The van der Waals surface area contributed by atoms with Crippen molar-refractivity contribution < 1.29 is 38.1 Å². The fourth-order valence-electron chi connectivity index (χ4n) is 4.57. The number of rotatable bonds is 12. The molecule has 1 aliphatic rings. The number of hydrogen-bond donors (Lipinski definition) is 4. The molecular weight excluding hydrogens is 579 g/mol. The number of nitrogen functional groups attached to an aromatic ring is 1. The molecule has 0 saturated carbocycles. The van der Waals surface area contributed by atoms with Gasteiger partial charge in [-0.3, -0.25) is 13.9 Å². The van der Waals surface area contributed by atoms with Crippen LogP contribution in [0.2, 0.25) is 0 Å². The predicted octanol–water partition coefficient (Wildman–Crippen LogP) is 2.38. The fraction of sp³-hybridized carbons (Fsp3) is 0.357. The number of ether oxygens (including phenoxy) is 2. The summed E-state index contributed by atoms with van der Waals surface area (Å²) in [5.74, 6) is -0.301. The van der Waals surface area contributed by atoms with Gasteiger partial charge in [-0.2, -0.15) is 5.09 Å². The lowest BCUT2D eigenvalue weighted by molar-refractivity contribution is -0.149. The Morgan fingerprint density at radius 2 is 1.77 bits per heavy atom. The van der Waals surface area contributed by atoms with Gasteiger partial charge >= 0.3 is 13.7 Å². The number of para-hydroxylation sites is 1. The van der Waals surface area contributed by atoms with Crippen LogP contribution in [0.15, 0.2) is 73.3 Å². The van der Waals surface area contributed by atoms with E-state index in [-0.39, 0.29) is 23.6 Å². The van der Waals surface area contributed by atoms with Gasteiger partial charge in [0.2, 0.25) is 0 Å². The number of nitrogens with one attached hydrogen (secondary N) is 1. The van der Waals surface area contributed by atoms with Gasteiger partial charge < -0.3 is 29.9 Å². The molecule has 5 N–H and O–H groups in total. The van der Waals surface area contributed by atoms with Crippen LogP contribution in [0.3, 0.4) is 0 Å². The quantitative estimate of drug-likeness (QED) is 0.135. The van der Waals surface area contributed by atoms with Crippen molar-refractivity contribution in [3.8, 4) is 5.75 Å². The first kappa shape index (κ1) is 30.5. The highest BCUT2D eigenvalue weighted by molar-refractivity contribution is 7.52. The average molecular weight is 613 g/mol. The van der Waals surface area contributed by atoms with Crippen LogP contribution in [0.25, 0.3) is 11.2 Å². The number of esters is 1. The summed E-state index contributed by atoms with van der Waals surface area (Å²) < 4.78 is 38.6. The smallest absolute Gasteiger partial charge is 0.459 e. The lowest BCUT2D eigenvalue weighted by Crippen LogP contribution is -2.41. The normalized spacial score (nSPS) is 22.3. The molecule has 228 valence electrons. The second-order valence-electron chi connectivity index (χ2n) is 10.2. The number of imidazole rings is 1. The molecule has 0 unspecified atom stereocenters. The molecule has 1 aliphatic heterocycles. The molecule has 0 radical (unpaired) electrons. The lowest BCUT2D eigenvalue weighted by atomic mass is 10.1. The molecule has 5 rings (SSSR count). The van der Waals surface area contributed by atoms with Crippen LogP contribution in [-0.2, 0) is 29.8 Å². The number of aliphatic hydroxyl groups is 2. The maximum absolute atomic E-state index is 14.2. The molecule has 0 aliphatic carbocycles. The minimum Gasteiger partial charge on any atom is -0.462 e. The SMILES string of the molecule is CC(C)OC(=O)[C@H](Cc1ccccc1)N[P@](=O)(OC[C@H]1O[C@@H](n2cnc3c(N)ncnc32)[C@@H](O)[C@@H]1O)Oc1ccccc1. The molecule has 6 atom stereocenters. The third kappa shape index (κ3) is 7.19. The molecule has 3 heterocycles. The summed E-state index contributed by atoms with van der Waals surface area (Å²) in [6.45, 7) is 2.93. The first-order valence-corrected chi connectivity index (χ1v) is 15.1. The van der Waals surface area contributed by atoms with Crippen LogP contribution < -0.4 is 15.3 Å². The number of carbonyl (C=O) groups is 1. The molecule has 14 nitrogen and oxygen atoms in total. The Kier molecular flexibility index (Phi) is 9.35. The van der Waals surface area contributed by atoms with Gasteiger partial charge in [-0.15, -0.1) is 0 Å². The van der Waals surface area contributed by atoms with Gasteiger partial charge in [0.05, 0.1) is 19.0 Å². The number of aliphatic hydroxyl groups excluding tert-OH is 2. The number of benzene rings is 2. The summed E-state index contributed by atoms with van der Waals surface area (Å²) in [4.78, 5) is 25.3. The van der Waals surface area contributed by atoms with Crippen molar-refractivity contribution in [2.24, 2.45) is 0 Å². The standard InChI is InChI=1S/C28H33N6O8P/c1-17(2)40-28(37)20(13-18-9-5-3-6-10-18)33-43(38,42-19-11-7-4-8-12-19)39-14-21-23(35)24(36)27(41-21)34-16-32-22-25(29)30-15-31-26(22)34/h3-12,15-17,20-21,23-24,27,35-36H,13-14H2,1-2H3,(H,33,38)(H2,29,30,31)/t20-,21+,23+,24-,27+,43-/m0/s1. The predicted molar refractivity (Wildman–Crippen MR) is 155 cm³/mol. The average Bonchev–Trinajstić information content (AvgIpc) is 3.53. The van der Waals surface area contributed by atoms with E-state index in [0.717, 1.165) is 5.56 Å². The summed E-state index contributed by atoms with van der Waals surface area (Å²) in [7, 11) is -4.34.